The molecule has 1 N–H and O–H groups in total. The van der Waals surface area contributed by atoms with Crippen LogP contribution in [-0.2, 0) is 9.47 Å². The molecule has 0 unspecified atom stereocenters. The molecule has 1 aliphatic rings. The van der Waals surface area contributed by atoms with Crippen LogP contribution in [0.4, 0.5) is 0 Å². The maximum atomic E-state index is 5.72. The molecular weight excluding hydrogens is 369 g/mol. The van der Waals surface area contributed by atoms with Crippen molar-refractivity contribution in [2.75, 3.05) is 47.5 Å². The zero-order valence-electron chi connectivity index (χ0n) is 13.3. The largest absolute Gasteiger partial charge is 0.381 e. The Kier molecular flexibility index (Phi) is 10.6. The number of rotatable bonds is 6. The first-order chi connectivity index (χ1) is 9.17. The molecule has 6 heteroatoms. The van der Waals surface area contributed by atoms with Crippen LogP contribution < -0.4 is 5.32 Å². The van der Waals surface area contributed by atoms with E-state index in [1.807, 2.05) is 7.05 Å². The fraction of sp³-hybridized carbons (Fsp3) is 0.929. The predicted molar refractivity (Wildman–Crippen MR) is 94.1 cm³/mol. The second-order valence-corrected chi connectivity index (χ2v) is 5.18. The van der Waals surface area contributed by atoms with Gasteiger partial charge in [-0.2, -0.15) is 0 Å². The van der Waals surface area contributed by atoms with Gasteiger partial charge in [-0.1, -0.05) is 13.3 Å². The van der Waals surface area contributed by atoms with Gasteiger partial charge in [-0.15, -0.1) is 24.0 Å². The quantitative estimate of drug-likeness (QED) is 0.422. The van der Waals surface area contributed by atoms with Crippen molar-refractivity contribution in [2.45, 2.75) is 38.2 Å². The van der Waals surface area contributed by atoms with Gasteiger partial charge in [0.05, 0.1) is 5.60 Å². The van der Waals surface area contributed by atoms with E-state index in [2.05, 4.69) is 29.2 Å². The zero-order valence-corrected chi connectivity index (χ0v) is 15.6. The smallest absolute Gasteiger partial charge is 0.193 e. The Morgan fingerprint density at radius 3 is 2.55 bits per heavy atom. The van der Waals surface area contributed by atoms with Crippen LogP contribution in [0, 0.1) is 0 Å². The summed E-state index contributed by atoms with van der Waals surface area (Å²) >= 11 is 0. The Labute approximate surface area is 140 Å². The lowest BCUT2D eigenvalue weighted by Gasteiger charge is -2.37. The predicted octanol–water partition coefficient (Wildman–Crippen LogP) is 2.11. The molecule has 0 aromatic heterocycles. The molecule has 20 heavy (non-hydrogen) atoms. The Morgan fingerprint density at radius 1 is 1.40 bits per heavy atom. The third kappa shape index (κ3) is 6.13. The first-order valence-corrected chi connectivity index (χ1v) is 7.22. The SMILES string of the molecule is CCCCN(C)C(=NC)NCC1(OC)CCOCC1.I. The standard InChI is InChI=1S/C14H29N3O2.HI/c1-5-6-9-17(3)13(15-2)16-12-14(18-4)7-10-19-11-8-14;/h5-12H2,1-4H3,(H,15,16);1H. The third-order valence-electron chi connectivity index (χ3n) is 3.83. The number of unbranched alkanes of at least 4 members (excludes halogenated alkanes) is 1. The van der Waals surface area contributed by atoms with Crippen LogP contribution in [0.15, 0.2) is 4.99 Å². The second-order valence-electron chi connectivity index (χ2n) is 5.18. The lowest BCUT2D eigenvalue weighted by atomic mass is 9.94. The average Bonchev–Trinajstić information content (AvgIpc) is 2.46. The van der Waals surface area contributed by atoms with Gasteiger partial charge in [0.15, 0.2) is 5.96 Å². The van der Waals surface area contributed by atoms with E-state index >= 15 is 0 Å². The minimum absolute atomic E-state index is 0. The molecule has 1 fully saturated rings. The molecule has 0 spiro atoms. The minimum atomic E-state index is -0.111. The molecule has 0 aliphatic carbocycles. The molecule has 1 rings (SSSR count). The molecule has 0 aromatic rings. The zero-order chi connectivity index (χ0) is 14.1. The normalized spacial score (nSPS) is 18.3. The van der Waals surface area contributed by atoms with Crippen LogP contribution in [0.1, 0.15) is 32.6 Å². The molecule has 0 aromatic carbocycles. The molecule has 1 saturated heterocycles. The van der Waals surface area contributed by atoms with Crippen molar-refractivity contribution in [1.82, 2.24) is 10.2 Å². The highest BCUT2D eigenvalue weighted by molar-refractivity contribution is 14.0. The fourth-order valence-corrected chi connectivity index (χ4v) is 2.32. The number of methoxy groups -OCH3 is 1. The van der Waals surface area contributed by atoms with E-state index in [-0.39, 0.29) is 29.6 Å². The van der Waals surface area contributed by atoms with E-state index < -0.39 is 0 Å². The van der Waals surface area contributed by atoms with Crippen molar-refractivity contribution < 1.29 is 9.47 Å². The third-order valence-corrected chi connectivity index (χ3v) is 3.83. The van der Waals surface area contributed by atoms with Gasteiger partial charge in [-0.05, 0) is 6.42 Å². The number of nitrogens with one attached hydrogen (secondary N) is 1. The highest BCUT2D eigenvalue weighted by Crippen LogP contribution is 2.23. The van der Waals surface area contributed by atoms with Crippen molar-refractivity contribution in [3.8, 4) is 0 Å². The van der Waals surface area contributed by atoms with Crippen molar-refractivity contribution in [3.05, 3.63) is 0 Å². The van der Waals surface area contributed by atoms with Crippen LogP contribution in [0.25, 0.3) is 0 Å². The average molecular weight is 399 g/mol. The van der Waals surface area contributed by atoms with E-state index in [4.69, 9.17) is 9.47 Å². The summed E-state index contributed by atoms with van der Waals surface area (Å²) in [5.41, 5.74) is -0.111. The van der Waals surface area contributed by atoms with Gasteiger partial charge in [0.2, 0.25) is 0 Å². The molecule has 0 saturated carbocycles. The summed E-state index contributed by atoms with van der Waals surface area (Å²) in [5.74, 6) is 0.941. The summed E-state index contributed by atoms with van der Waals surface area (Å²) in [6.07, 6.45) is 4.25. The summed E-state index contributed by atoms with van der Waals surface area (Å²) < 4.78 is 11.1. The van der Waals surface area contributed by atoms with E-state index in [0.29, 0.717) is 0 Å². The number of guanidine groups is 1. The summed E-state index contributed by atoms with van der Waals surface area (Å²) in [6, 6.07) is 0. The molecule has 0 amide bonds. The summed E-state index contributed by atoms with van der Waals surface area (Å²) in [7, 11) is 5.69. The van der Waals surface area contributed by atoms with Crippen molar-refractivity contribution in [1.29, 1.82) is 0 Å². The van der Waals surface area contributed by atoms with Crippen molar-refractivity contribution >= 4 is 29.9 Å². The summed E-state index contributed by atoms with van der Waals surface area (Å²) in [4.78, 5) is 6.51. The second kappa shape index (κ2) is 10.6. The van der Waals surface area contributed by atoms with Crippen LogP contribution in [0.3, 0.4) is 0 Å². The summed E-state index contributed by atoms with van der Waals surface area (Å²) in [6.45, 7) is 5.57. The Balaban J connectivity index is 0.00000361. The summed E-state index contributed by atoms with van der Waals surface area (Å²) in [5, 5.41) is 3.43. The number of ether oxygens (including phenoxy) is 2. The molecule has 0 bridgehead atoms. The monoisotopic (exact) mass is 399 g/mol. The number of aliphatic imine (C=N–C) groups is 1. The van der Waals surface area contributed by atoms with Gasteiger partial charge >= 0.3 is 0 Å². The van der Waals surface area contributed by atoms with E-state index in [1.54, 1.807) is 7.11 Å². The maximum Gasteiger partial charge on any atom is 0.193 e. The number of halogens is 1. The fourth-order valence-electron chi connectivity index (χ4n) is 2.32. The molecule has 0 atom stereocenters. The number of hydrogen-bond acceptors (Lipinski definition) is 3. The van der Waals surface area contributed by atoms with E-state index in [9.17, 15) is 0 Å². The van der Waals surface area contributed by atoms with Crippen LogP contribution in [0.5, 0.6) is 0 Å². The molecule has 1 aliphatic heterocycles. The Morgan fingerprint density at radius 2 is 2.05 bits per heavy atom. The molecule has 120 valence electrons. The van der Waals surface area contributed by atoms with E-state index in [0.717, 1.165) is 45.1 Å². The van der Waals surface area contributed by atoms with Gasteiger partial charge in [0.1, 0.15) is 0 Å². The van der Waals surface area contributed by atoms with Gasteiger partial charge < -0.3 is 19.7 Å². The maximum absolute atomic E-state index is 5.72. The minimum Gasteiger partial charge on any atom is -0.381 e. The number of hydrogen-bond donors (Lipinski definition) is 1. The molecule has 0 radical (unpaired) electrons. The molecular formula is C14H30IN3O2. The van der Waals surface area contributed by atoms with Crippen molar-refractivity contribution in [2.24, 2.45) is 4.99 Å². The lowest BCUT2D eigenvalue weighted by molar-refractivity contribution is -0.0857. The first kappa shape index (κ1) is 19.9. The van der Waals surface area contributed by atoms with Crippen LogP contribution in [0.2, 0.25) is 0 Å². The first-order valence-electron chi connectivity index (χ1n) is 7.22. The van der Waals surface area contributed by atoms with Crippen molar-refractivity contribution in [3.63, 3.8) is 0 Å². The van der Waals surface area contributed by atoms with E-state index in [1.165, 1.54) is 12.8 Å². The van der Waals surface area contributed by atoms with Gasteiger partial charge in [0, 0.05) is 60.4 Å². The van der Waals surface area contributed by atoms with Gasteiger partial charge in [0.25, 0.3) is 0 Å². The topological polar surface area (TPSA) is 46.1 Å². The van der Waals surface area contributed by atoms with Crippen LogP contribution in [-0.4, -0.2) is 64.0 Å². The van der Waals surface area contributed by atoms with Crippen LogP contribution >= 0.6 is 24.0 Å². The Bertz CT molecular complexity index is 282. The number of nitrogens with zero attached hydrogens (tertiary/aromatic N) is 2. The highest BCUT2D eigenvalue weighted by Gasteiger charge is 2.32. The van der Waals surface area contributed by atoms with Gasteiger partial charge in [-0.3, -0.25) is 4.99 Å². The molecule has 1 heterocycles. The van der Waals surface area contributed by atoms with Gasteiger partial charge in [-0.25, -0.2) is 0 Å². The highest BCUT2D eigenvalue weighted by atomic mass is 127. The Hall–Kier alpha value is -0.0800. The molecule has 5 nitrogen and oxygen atoms in total. The lowest BCUT2D eigenvalue weighted by Crippen LogP contribution is -2.51.